The Balaban J connectivity index is 1.27. The van der Waals surface area contributed by atoms with E-state index in [0.717, 1.165) is 11.3 Å². The van der Waals surface area contributed by atoms with Crippen LogP contribution in [-0.2, 0) is 9.22 Å². The molecule has 44 heavy (non-hydrogen) atoms. The molecule has 4 aromatic rings. The van der Waals surface area contributed by atoms with Gasteiger partial charge in [0.15, 0.2) is 0 Å². The number of rotatable bonds is 13. The van der Waals surface area contributed by atoms with Gasteiger partial charge in [0.05, 0.1) is 19.0 Å². The third-order valence-corrected chi connectivity index (χ3v) is 13.0. The van der Waals surface area contributed by atoms with Crippen molar-refractivity contribution < 1.29 is 18.8 Å². The molecule has 0 saturated carbocycles. The highest BCUT2D eigenvalue weighted by molar-refractivity contribution is 7.99. The van der Waals surface area contributed by atoms with Gasteiger partial charge in [-0.05, 0) is 45.2 Å². The fourth-order valence-corrected chi connectivity index (χ4v) is 10.1. The monoisotopic (exact) mass is 624 g/mol. The molecule has 0 aliphatic carbocycles. The summed E-state index contributed by atoms with van der Waals surface area (Å²) < 4.78 is 12.5. The molecule has 0 bridgehead atoms. The number of para-hydroxylation sites is 1. The first kappa shape index (κ1) is 32.8. The van der Waals surface area contributed by atoms with Gasteiger partial charge in [-0.15, -0.1) is 11.8 Å². The van der Waals surface area contributed by atoms with E-state index < -0.39 is 8.32 Å². The van der Waals surface area contributed by atoms with Crippen LogP contribution >= 0.6 is 11.8 Å². The normalized spacial score (nSPS) is 11.7. The lowest BCUT2D eigenvalue weighted by atomic mass is 10.1. The van der Waals surface area contributed by atoms with Crippen LogP contribution in [-0.4, -0.2) is 44.9 Å². The first-order valence-corrected chi connectivity index (χ1v) is 17.7. The van der Waals surface area contributed by atoms with Gasteiger partial charge in [-0.1, -0.05) is 124 Å². The lowest BCUT2D eigenvalue weighted by Gasteiger charge is -2.42. The highest BCUT2D eigenvalue weighted by Crippen LogP contribution is 2.36. The minimum absolute atomic E-state index is 0.0938. The molecule has 6 nitrogen and oxygen atoms in total. The van der Waals surface area contributed by atoms with E-state index in [9.17, 15) is 9.59 Å². The summed E-state index contributed by atoms with van der Waals surface area (Å²) in [5.74, 6) is 1.03. The molecule has 2 amide bonds. The summed E-state index contributed by atoms with van der Waals surface area (Å²) in [5.41, 5.74) is 6.36. The zero-order chi connectivity index (χ0) is 31.3. The molecule has 4 rings (SSSR count). The topological polar surface area (TPSA) is 76.7 Å². The summed E-state index contributed by atoms with van der Waals surface area (Å²) in [6.45, 7) is 7.74. The quantitative estimate of drug-likeness (QED) is 0.111. The molecule has 0 fully saturated rings. The minimum atomic E-state index is -2.60. The molecule has 0 heterocycles. The number of carbonyl (C=O) groups is 2. The summed E-state index contributed by atoms with van der Waals surface area (Å²) in [4.78, 5) is 24.7. The van der Waals surface area contributed by atoms with Crippen LogP contribution in [0.3, 0.4) is 0 Å². The van der Waals surface area contributed by atoms with E-state index in [2.05, 4.69) is 80.2 Å². The predicted molar refractivity (Wildman–Crippen MR) is 184 cm³/mol. The zero-order valence-corrected chi connectivity index (χ0v) is 27.3. The molecule has 8 heteroatoms. The SMILES string of the molecule is CC(C)(C)[Si](OCC=Cc1ccc(C(=O)NNC(=O)CSCCOc2ccccc2)cc1)(c1ccccc1)c1ccccc1. The van der Waals surface area contributed by atoms with Gasteiger partial charge in [-0.25, -0.2) is 0 Å². The molecule has 0 aromatic heterocycles. The van der Waals surface area contributed by atoms with Crippen LogP contribution in [0.4, 0.5) is 0 Å². The number of carbonyl (C=O) groups excluding carboxylic acids is 2. The van der Waals surface area contributed by atoms with Crippen molar-refractivity contribution in [2.24, 2.45) is 0 Å². The summed E-state index contributed by atoms with van der Waals surface area (Å²) in [5, 5.41) is 2.39. The number of hydrazine groups is 1. The molecule has 0 aliphatic rings. The molecule has 0 aliphatic heterocycles. The van der Waals surface area contributed by atoms with E-state index in [4.69, 9.17) is 9.16 Å². The highest BCUT2D eigenvalue weighted by atomic mass is 32.2. The molecule has 4 aromatic carbocycles. The van der Waals surface area contributed by atoms with Gasteiger partial charge in [0.2, 0.25) is 5.91 Å². The molecule has 0 saturated heterocycles. The Morgan fingerprint density at radius 1 is 0.773 bits per heavy atom. The second-order valence-corrected chi connectivity index (χ2v) is 16.6. The molecular formula is C36H40N2O4SSi. The van der Waals surface area contributed by atoms with E-state index >= 15 is 0 Å². The first-order valence-electron chi connectivity index (χ1n) is 14.7. The Morgan fingerprint density at radius 3 is 1.91 bits per heavy atom. The van der Waals surface area contributed by atoms with Crippen molar-refractivity contribution in [2.45, 2.75) is 25.8 Å². The minimum Gasteiger partial charge on any atom is -0.493 e. The van der Waals surface area contributed by atoms with Crippen LogP contribution in [0.1, 0.15) is 36.7 Å². The third-order valence-electron chi connectivity index (χ3n) is 7.08. The third kappa shape index (κ3) is 8.95. The van der Waals surface area contributed by atoms with Gasteiger partial charge in [0.25, 0.3) is 14.2 Å². The van der Waals surface area contributed by atoms with Gasteiger partial charge in [-0.2, -0.15) is 0 Å². The van der Waals surface area contributed by atoms with Crippen molar-refractivity contribution in [1.29, 1.82) is 0 Å². The summed E-state index contributed by atoms with van der Waals surface area (Å²) in [6, 6.07) is 37.9. The molecule has 0 unspecified atom stereocenters. The molecule has 0 atom stereocenters. The number of ether oxygens (including phenoxy) is 1. The number of thioether (sulfide) groups is 1. The fourth-order valence-electron chi connectivity index (χ4n) is 5.00. The van der Waals surface area contributed by atoms with E-state index in [1.807, 2.05) is 66.7 Å². The van der Waals surface area contributed by atoms with Crippen molar-refractivity contribution in [3.63, 3.8) is 0 Å². The Morgan fingerprint density at radius 2 is 1.34 bits per heavy atom. The largest absolute Gasteiger partial charge is 0.493 e. The van der Waals surface area contributed by atoms with Crippen LogP contribution in [0, 0.1) is 0 Å². The van der Waals surface area contributed by atoms with Crippen molar-refractivity contribution in [3.8, 4) is 5.75 Å². The van der Waals surface area contributed by atoms with Gasteiger partial charge in [0, 0.05) is 11.3 Å². The second kappa shape index (κ2) is 16.1. The fraction of sp³-hybridized carbons (Fsp3) is 0.222. The summed E-state index contributed by atoms with van der Waals surface area (Å²) in [7, 11) is -2.60. The zero-order valence-electron chi connectivity index (χ0n) is 25.5. The van der Waals surface area contributed by atoms with Crippen LogP contribution in [0.25, 0.3) is 6.08 Å². The predicted octanol–water partition coefficient (Wildman–Crippen LogP) is 5.85. The van der Waals surface area contributed by atoms with Gasteiger partial charge < -0.3 is 9.16 Å². The van der Waals surface area contributed by atoms with E-state index in [-0.39, 0.29) is 22.6 Å². The van der Waals surface area contributed by atoms with E-state index in [1.54, 1.807) is 12.1 Å². The summed E-state index contributed by atoms with van der Waals surface area (Å²) >= 11 is 1.44. The lowest BCUT2D eigenvalue weighted by molar-refractivity contribution is -0.119. The average Bonchev–Trinajstić information content (AvgIpc) is 3.04. The van der Waals surface area contributed by atoms with Crippen molar-refractivity contribution in [2.75, 3.05) is 24.7 Å². The lowest BCUT2D eigenvalue weighted by Crippen LogP contribution is -2.66. The first-order chi connectivity index (χ1) is 21.3. The van der Waals surface area contributed by atoms with Crippen LogP contribution in [0.15, 0.2) is 121 Å². The molecular weight excluding hydrogens is 585 g/mol. The maximum absolute atomic E-state index is 12.5. The van der Waals surface area contributed by atoms with E-state index in [0.29, 0.717) is 24.5 Å². The van der Waals surface area contributed by atoms with Crippen LogP contribution in [0.2, 0.25) is 5.04 Å². The number of hydrogen-bond donors (Lipinski definition) is 2. The Bertz CT molecular complexity index is 1450. The van der Waals surface area contributed by atoms with Crippen molar-refractivity contribution in [1.82, 2.24) is 10.9 Å². The Kier molecular flexibility index (Phi) is 12.0. The smallest absolute Gasteiger partial charge is 0.269 e. The van der Waals surface area contributed by atoms with Gasteiger partial charge in [-0.3, -0.25) is 20.4 Å². The number of nitrogens with one attached hydrogen (secondary N) is 2. The van der Waals surface area contributed by atoms with Crippen molar-refractivity contribution in [3.05, 3.63) is 132 Å². The average molecular weight is 625 g/mol. The van der Waals surface area contributed by atoms with Gasteiger partial charge in [0.1, 0.15) is 5.75 Å². The highest BCUT2D eigenvalue weighted by Gasteiger charge is 2.49. The summed E-state index contributed by atoms with van der Waals surface area (Å²) in [6.07, 6.45) is 4.03. The number of benzene rings is 4. The maximum atomic E-state index is 12.5. The van der Waals surface area contributed by atoms with Gasteiger partial charge >= 0.3 is 0 Å². The second-order valence-electron chi connectivity index (χ2n) is 11.2. The molecule has 0 spiro atoms. The van der Waals surface area contributed by atoms with Crippen LogP contribution < -0.4 is 26.0 Å². The Hall–Kier alpha value is -4.11. The standard InChI is InChI=1S/C36H40N2O4SSi/c1-36(2,3)44(32-17-9-5-10-18-32,33-19-11-6-12-20-33)42-25-13-14-29-21-23-30(24-22-29)35(40)38-37-34(39)28-43-27-26-41-31-15-7-4-8-16-31/h4-24H,25-28H2,1-3H3,(H,37,39)(H,38,40). The molecule has 2 N–H and O–H groups in total. The molecule has 228 valence electrons. The molecule has 0 radical (unpaired) electrons. The van der Waals surface area contributed by atoms with Crippen molar-refractivity contribution >= 4 is 48.3 Å². The van der Waals surface area contributed by atoms with Crippen LogP contribution in [0.5, 0.6) is 5.75 Å². The van der Waals surface area contributed by atoms with E-state index in [1.165, 1.54) is 22.1 Å². The number of amides is 2. The Labute approximate surface area is 266 Å². The maximum Gasteiger partial charge on any atom is 0.269 e. The number of hydrogen-bond acceptors (Lipinski definition) is 5.